The van der Waals surface area contributed by atoms with Crippen molar-refractivity contribution >= 4 is 23.9 Å². The average molecular weight is 699 g/mol. The third kappa shape index (κ3) is 8.19. The molecular weight excluding hydrogens is 640 g/mol. The summed E-state index contributed by atoms with van der Waals surface area (Å²) in [4.78, 5) is 47.8. The van der Waals surface area contributed by atoms with E-state index in [-0.39, 0.29) is 85.0 Å². The molecule has 0 amide bonds. The Morgan fingerprint density at radius 3 is 1.64 bits per heavy atom. The summed E-state index contributed by atoms with van der Waals surface area (Å²) in [5.41, 5.74) is 6.79. The van der Waals surface area contributed by atoms with Crippen LogP contribution < -0.4 is 21.3 Å². The minimum absolute atomic E-state index is 0.00564. The van der Waals surface area contributed by atoms with Gasteiger partial charge in [-0.1, -0.05) is 29.2 Å². The normalized spacial score (nSPS) is 35.4. The molecule has 12 nitrogen and oxygen atoms in total. The van der Waals surface area contributed by atoms with Crippen molar-refractivity contribution in [3.8, 4) is 0 Å². The Bertz CT molecular complexity index is 1450. The second-order valence-electron chi connectivity index (χ2n) is 15.5. The molecular formula is C38H58N4O8. The molecule has 0 aromatic carbocycles. The SMILES string of the molecule is CC(=O)OC(C)C1=C(C)C2CC3NC(CC4NC(CC5NC(CC1N2)C(C)=C5C(C)OC(C)=O)C(C)C4CCC(=O)O)C(CCC(=O)O)=C3C. The van der Waals surface area contributed by atoms with E-state index in [4.69, 9.17) is 9.47 Å². The largest absolute Gasteiger partial charge is 0.481 e. The summed E-state index contributed by atoms with van der Waals surface area (Å²) in [6.07, 6.45) is 3.26. The van der Waals surface area contributed by atoms with Gasteiger partial charge in [-0.05, 0) is 96.1 Å². The number of esters is 2. The van der Waals surface area contributed by atoms with Crippen LogP contribution in [0.15, 0.2) is 33.4 Å². The van der Waals surface area contributed by atoms with E-state index < -0.39 is 24.1 Å². The highest BCUT2D eigenvalue weighted by Crippen LogP contribution is 2.42. The Morgan fingerprint density at radius 1 is 0.660 bits per heavy atom. The molecule has 0 aromatic heterocycles. The van der Waals surface area contributed by atoms with Crippen LogP contribution in [-0.2, 0) is 28.7 Å². The Hall–Kier alpha value is -3.06. The van der Waals surface area contributed by atoms with Gasteiger partial charge >= 0.3 is 23.9 Å². The molecule has 50 heavy (non-hydrogen) atoms. The van der Waals surface area contributed by atoms with Crippen molar-refractivity contribution in [2.24, 2.45) is 11.8 Å². The number of carbonyl (C=O) groups is 4. The van der Waals surface area contributed by atoms with Crippen LogP contribution in [0.3, 0.4) is 0 Å². The predicted octanol–water partition coefficient (Wildman–Crippen LogP) is 3.76. The van der Waals surface area contributed by atoms with Crippen molar-refractivity contribution in [1.29, 1.82) is 0 Å². The van der Waals surface area contributed by atoms with Crippen LogP contribution in [0.4, 0.5) is 0 Å². The van der Waals surface area contributed by atoms with Crippen LogP contribution in [0.2, 0.25) is 0 Å². The third-order valence-corrected chi connectivity index (χ3v) is 12.4. The lowest BCUT2D eigenvalue weighted by Gasteiger charge is -2.28. The van der Waals surface area contributed by atoms with E-state index in [0.29, 0.717) is 19.3 Å². The van der Waals surface area contributed by atoms with Crippen LogP contribution >= 0.6 is 0 Å². The number of nitrogens with one attached hydrogen (secondary N) is 4. The fourth-order valence-electron chi connectivity index (χ4n) is 10.1. The molecule has 12 atom stereocenters. The van der Waals surface area contributed by atoms with Gasteiger partial charge in [-0.25, -0.2) is 0 Å². The summed E-state index contributed by atoms with van der Waals surface area (Å²) < 4.78 is 11.6. The molecule has 2 fully saturated rings. The Labute approximate surface area is 296 Å². The van der Waals surface area contributed by atoms with E-state index in [2.05, 4.69) is 49.0 Å². The monoisotopic (exact) mass is 698 g/mol. The van der Waals surface area contributed by atoms with Gasteiger partial charge < -0.3 is 41.0 Å². The van der Waals surface area contributed by atoms with E-state index >= 15 is 0 Å². The highest BCUT2D eigenvalue weighted by Gasteiger charge is 2.47. The fraction of sp³-hybridized carbons (Fsp3) is 0.737. The molecule has 0 radical (unpaired) electrons. The number of carbonyl (C=O) groups excluding carboxylic acids is 2. The molecule has 12 unspecified atom stereocenters. The maximum atomic E-state index is 12.2. The van der Waals surface area contributed by atoms with Crippen molar-refractivity contribution in [2.45, 2.75) is 167 Å². The molecule has 6 N–H and O–H groups in total. The molecule has 5 heterocycles. The van der Waals surface area contributed by atoms with Gasteiger partial charge in [0.05, 0.1) is 0 Å². The topological polar surface area (TPSA) is 175 Å². The summed E-state index contributed by atoms with van der Waals surface area (Å²) >= 11 is 0. The molecule has 0 aliphatic carbocycles. The number of ether oxygens (including phenoxy) is 2. The van der Waals surface area contributed by atoms with Crippen molar-refractivity contribution in [2.75, 3.05) is 0 Å². The quantitative estimate of drug-likeness (QED) is 0.144. The lowest BCUT2D eigenvalue weighted by Crippen LogP contribution is -2.46. The lowest BCUT2D eigenvalue weighted by atomic mass is 9.80. The first-order chi connectivity index (χ1) is 23.5. The van der Waals surface area contributed by atoms with E-state index in [1.807, 2.05) is 13.8 Å². The first kappa shape index (κ1) is 38.2. The van der Waals surface area contributed by atoms with Crippen molar-refractivity contribution in [1.82, 2.24) is 21.3 Å². The first-order valence-corrected chi connectivity index (χ1v) is 18.5. The van der Waals surface area contributed by atoms with E-state index in [1.54, 1.807) is 0 Å². The zero-order valence-corrected chi connectivity index (χ0v) is 30.9. The Kier molecular flexibility index (Phi) is 12.0. The summed E-state index contributed by atoms with van der Waals surface area (Å²) in [6.45, 7) is 15.3. The number of aliphatic carboxylic acids is 2. The van der Waals surface area contributed by atoms with E-state index in [9.17, 15) is 29.4 Å². The highest BCUT2D eigenvalue weighted by atomic mass is 16.5. The number of carboxylic acid groups (broad SMARTS) is 2. The minimum Gasteiger partial charge on any atom is -0.481 e. The molecule has 0 saturated carbocycles. The van der Waals surface area contributed by atoms with Gasteiger partial charge in [0, 0.05) is 75.0 Å². The third-order valence-electron chi connectivity index (χ3n) is 12.4. The summed E-state index contributed by atoms with van der Waals surface area (Å²) in [5, 5.41) is 35.0. The van der Waals surface area contributed by atoms with Crippen LogP contribution in [0.5, 0.6) is 0 Å². The standard InChI is InChI=1S/C38H58N4O8/c1-17-25(9-11-35(45)46)31-16-32-26(10-12-36(47)48)18(2)28(40-32)14-33-38(22(6)50-24(8)44)20(4)30(42-33)15-34-37(21(5)49-23(7)43)19(3)29(41-34)13-27(17)39-31/h18,21-22,26-34,39-42H,9-16H2,1-8H3,(H,45,46)(H,47,48). The summed E-state index contributed by atoms with van der Waals surface area (Å²) in [6, 6.07) is -0.0546. The molecule has 0 aromatic rings. The number of hydrogen-bond donors (Lipinski definition) is 6. The van der Waals surface area contributed by atoms with Crippen LogP contribution in [0, 0.1) is 11.8 Å². The smallest absolute Gasteiger partial charge is 0.303 e. The lowest BCUT2D eigenvalue weighted by molar-refractivity contribution is -0.145. The second-order valence-corrected chi connectivity index (χ2v) is 15.5. The van der Waals surface area contributed by atoms with Gasteiger partial charge in [-0.3, -0.25) is 19.2 Å². The summed E-state index contributed by atoms with van der Waals surface area (Å²) in [7, 11) is 0. The Morgan fingerprint density at radius 2 is 1.12 bits per heavy atom. The number of carboxylic acids is 2. The zero-order chi connectivity index (χ0) is 36.6. The summed E-state index contributed by atoms with van der Waals surface area (Å²) in [5.74, 6) is -1.98. The maximum absolute atomic E-state index is 12.2. The molecule has 2 saturated heterocycles. The number of hydrogen-bond acceptors (Lipinski definition) is 10. The van der Waals surface area contributed by atoms with Crippen LogP contribution in [-0.4, -0.2) is 94.6 Å². The van der Waals surface area contributed by atoms with Gasteiger partial charge in [0.25, 0.3) is 0 Å². The van der Waals surface area contributed by atoms with Gasteiger partial charge in [0.15, 0.2) is 0 Å². The average Bonchev–Trinajstić information content (AvgIpc) is 3.67. The Balaban J connectivity index is 1.57. The first-order valence-electron chi connectivity index (χ1n) is 18.5. The molecule has 12 heteroatoms. The van der Waals surface area contributed by atoms with E-state index in [0.717, 1.165) is 47.1 Å². The fourth-order valence-corrected chi connectivity index (χ4v) is 10.1. The highest BCUT2D eigenvalue weighted by molar-refractivity contribution is 5.68. The van der Waals surface area contributed by atoms with Gasteiger partial charge in [0.1, 0.15) is 12.2 Å². The van der Waals surface area contributed by atoms with E-state index in [1.165, 1.54) is 19.4 Å². The maximum Gasteiger partial charge on any atom is 0.303 e. The predicted molar refractivity (Wildman–Crippen MR) is 188 cm³/mol. The van der Waals surface area contributed by atoms with Crippen LogP contribution in [0.25, 0.3) is 0 Å². The molecule has 8 bridgehead atoms. The van der Waals surface area contributed by atoms with Gasteiger partial charge in [-0.2, -0.15) is 0 Å². The minimum atomic E-state index is -0.828. The van der Waals surface area contributed by atoms with Crippen LogP contribution in [0.1, 0.15) is 107 Å². The number of rotatable bonds is 10. The molecule has 5 aliphatic rings. The van der Waals surface area contributed by atoms with Crippen molar-refractivity contribution in [3.63, 3.8) is 0 Å². The van der Waals surface area contributed by atoms with Gasteiger partial charge in [0.2, 0.25) is 0 Å². The second kappa shape index (κ2) is 15.7. The zero-order valence-electron chi connectivity index (χ0n) is 30.9. The molecule has 5 aliphatic heterocycles. The van der Waals surface area contributed by atoms with Gasteiger partial charge in [-0.15, -0.1) is 0 Å². The van der Waals surface area contributed by atoms with Crippen molar-refractivity contribution in [3.05, 3.63) is 33.4 Å². The molecule has 278 valence electrons. The molecule has 0 spiro atoms. The number of fused-ring (bicyclic) bond motifs is 8. The molecule has 5 rings (SSSR count). The van der Waals surface area contributed by atoms with Crippen molar-refractivity contribution < 1.29 is 38.9 Å².